The van der Waals surface area contributed by atoms with Gasteiger partial charge in [-0.1, -0.05) is 0 Å². The zero-order chi connectivity index (χ0) is 23.2. The van der Waals surface area contributed by atoms with Crippen LogP contribution in [0.25, 0.3) is 33.4 Å². The molecule has 1 atom stereocenters. The number of rotatable bonds is 5. The maximum absolute atomic E-state index is 13.1. The van der Waals surface area contributed by atoms with Crippen LogP contribution >= 0.6 is 0 Å². The quantitative estimate of drug-likeness (QED) is 0.495. The van der Waals surface area contributed by atoms with Crippen molar-refractivity contribution in [1.29, 1.82) is 0 Å². The molecule has 0 saturated heterocycles. The molecule has 0 radical (unpaired) electrons. The lowest BCUT2D eigenvalue weighted by Gasteiger charge is -2.16. The summed E-state index contributed by atoms with van der Waals surface area (Å²) >= 11 is 0. The van der Waals surface area contributed by atoms with Gasteiger partial charge in [-0.05, 0) is 43.2 Å². The van der Waals surface area contributed by atoms with Crippen molar-refractivity contribution in [3.63, 3.8) is 0 Å². The van der Waals surface area contributed by atoms with E-state index in [4.69, 9.17) is 0 Å². The molecule has 7 nitrogen and oxygen atoms in total. The monoisotopic (exact) mass is 453 g/mol. The maximum atomic E-state index is 13.1. The Labute approximate surface area is 185 Å². The Balaban J connectivity index is 1.67. The number of hydrogen-bond acceptors (Lipinski definition) is 6. The van der Waals surface area contributed by atoms with Crippen LogP contribution in [0.4, 0.5) is 13.2 Å². The van der Waals surface area contributed by atoms with E-state index >= 15 is 0 Å². The van der Waals surface area contributed by atoms with E-state index < -0.39 is 24.4 Å². The van der Waals surface area contributed by atoms with Gasteiger partial charge in [0.1, 0.15) is 5.52 Å². The van der Waals surface area contributed by atoms with Gasteiger partial charge in [-0.15, -0.1) is 0 Å². The summed E-state index contributed by atoms with van der Waals surface area (Å²) in [6.45, 7) is -0.956. The molecule has 0 aromatic carbocycles. The lowest BCUT2D eigenvalue weighted by molar-refractivity contribution is -0.207. The van der Waals surface area contributed by atoms with Gasteiger partial charge in [0.25, 0.3) is 5.56 Å². The lowest BCUT2D eigenvalue weighted by atomic mass is 10.1. The molecule has 0 spiro atoms. The van der Waals surface area contributed by atoms with Crippen LogP contribution in [-0.2, 0) is 6.54 Å². The van der Waals surface area contributed by atoms with Crippen molar-refractivity contribution in [2.45, 2.75) is 37.6 Å². The van der Waals surface area contributed by atoms with Crippen molar-refractivity contribution in [2.75, 3.05) is 0 Å². The average molecular weight is 453 g/mol. The summed E-state index contributed by atoms with van der Waals surface area (Å²) in [5, 5.41) is 9.52. The summed E-state index contributed by atoms with van der Waals surface area (Å²) in [6.07, 6.45) is 0.516. The van der Waals surface area contributed by atoms with Crippen LogP contribution in [0.5, 0.6) is 0 Å². The van der Waals surface area contributed by atoms with Crippen LogP contribution in [0, 0.1) is 0 Å². The van der Waals surface area contributed by atoms with Gasteiger partial charge in [0.05, 0.1) is 29.6 Å². The third-order valence-corrected chi connectivity index (χ3v) is 5.57. The summed E-state index contributed by atoms with van der Waals surface area (Å²) in [7, 11) is 0. The third kappa shape index (κ3) is 4.21. The first-order valence-corrected chi connectivity index (χ1v) is 10.3. The molecular formula is C23H18F3N5O2. The van der Waals surface area contributed by atoms with Gasteiger partial charge in [0.15, 0.2) is 6.10 Å². The molecule has 4 heterocycles. The number of hydrogen-bond donors (Lipinski definition) is 1. The fraction of sp³-hybridized carbons (Fsp3) is 0.261. The molecule has 5 rings (SSSR count). The highest BCUT2D eigenvalue weighted by Crippen LogP contribution is 2.39. The molecule has 1 N–H and O–H groups in total. The average Bonchev–Trinajstić information content (AvgIpc) is 3.66. The minimum atomic E-state index is -4.85. The molecule has 1 saturated carbocycles. The van der Waals surface area contributed by atoms with Crippen molar-refractivity contribution >= 4 is 10.9 Å². The smallest absolute Gasteiger partial charge is 0.382 e. The summed E-state index contributed by atoms with van der Waals surface area (Å²) in [5.74, 6) is 0.478. The number of alkyl halides is 3. The fourth-order valence-corrected chi connectivity index (χ4v) is 3.62. The first kappa shape index (κ1) is 21.2. The van der Waals surface area contributed by atoms with Crippen molar-refractivity contribution in [3.05, 3.63) is 71.3 Å². The third-order valence-electron chi connectivity index (χ3n) is 5.57. The van der Waals surface area contributed by atoms with E-state index in [2.05, 4.69) is 19.9 Å². The van der Waals surface area contributed by atoms with Gasteiger partial charge in [-0.3, -0.25) is 19.3 Å². The zero-order valence-electron chi connectivity index (χ0n) is 17.2. The Morgan fingerprint density at radius 3 is 2.58 bits per heavy atom. The molecule has 4 aromatic rings. The van der Waals surface area contributed by atoms with Crippen LogP contribution in [-0.4, -0.2) is 41.9 Å². The van der Waals surface area contributed by atoms with Gasteiger partial charge in [-0.25, -0.2) is 9.97 Å². The van der Waals surface area contributed by atoms with E-state index in [0.717, 1.165) is 29.4 Å². The van der Waals surface area contributed by atoms with Crippen LogP contribution in [0.2, 0.25) is 0 Å². The SMILES string of the molecule is O=c1c2cc(-c3ccc(C4CC4)nc3)nc(-c3cccnc3)c2ncn1C[C@@H](O)C(F)(F)F. The van der Waals surface area contributed by atoms with Crippen molar-refractivity contribution in [1.82, 2.24) is 24.5 Å². The molecular weight excluding hydrogens is 435 g/mol. The van der Waals surface area contributed by atoms with E-state index in [0.29, 0.717) is 28.4 Å². The minimum absolute atomic E-state index is 0.0852. The molecule has 0 bridgehead atoms. The molecule has 0 aliphatic heterocycles. The van der Waals surface area contributed by atoms with Crippen molar-refractivity contribution < 1.29 is 18.3 Å². The van der Waals surface area contributed by atoms with E-state index in [1.807, 2.05) is 12.1 Å². The number of aromatic nitrogens is 5. The molecule has 0 unspecified atom stereocenters. The number of aliphatic hydroxyl groups is 1. The normalized spacial score (nSPS) is 15.0. The lowest BCUT2D eigenvalue weighted by Crippen LogP contribution is -2.36. The standard InChI is InChI=1S/C23H18F3N5O2/c24-23(25,26)19(32)11-31-12-29-21-16(22(31)33)8-18(30-20(21)15-2-1-7-27-9-15)14-5-6-17(28-10-14)13-3-4-13/h1-2,5-10,12-13,19,32H,3-4,11H2/t19-/m1/s1. The van der Waals surface area contributed by atoms with Crippen molar-refractivity contribution in [3.8, 4) is 22.5 Å². The Morgan fingerprint density at radius 2 is 1.94 bits per heavy atom. The number of aliphatic hydroxyl groups excluding tert-OH is 1. The molecule has 10 heteroatoms. The zero-order valence-corrected chi connectivity index (χ0v) is 17.2. The van der Waals surface area contributed by atoms with E-state index in [-0.39, 0.29) is 10.9 Å². The summed E-state index contributed by atoms with van der Waals surface area (Å²) < 4.78 is 39.3. The Kier molecular flexibility index (Phi) is 5.16. The summed E-state index contributed by atoms with van der Waals surface area (Å²) in [4.78, 5) is 30.6. The summed E-state index contributed by atoms with van der Waals surface area (Å²) in [6, 6.07) is 8.75. The van der Waals surface area contributed by atoms with Gasteiger partial charge < -0.3 is 5.11 Å². The molecule has 168 valence electrons. The predicted octanol–water partition coefficient (Wildman–Crippen LogP) is 3.72. The number of fused-ring (bicyclic) bond motifs is 1. The number of pyridine rings is 3. The summed E-state index contributed by atoms with van der Waals surface area (Å²) in [5.41, 5.74) is 2.60. The second-order valence-electron chi connectivity index (χ2n) is 8.00. The Hall–Kier alpha value is -3.66. The highest BCUT2D eigenvalue weighted by Gasteiger charge is 2.38. The molecule has 1 fully saturated rings. The van der Waals surface area contributed by atoms with Crippen molar-refractivity contribution in [2.24, 2.45) is 0 Å². The molecule has 0 amide bonds. The highest BCUT2D eigenvalue weighted by atomic mass is 19.4. The predicted molar refractivity (Wildman–Crippen MR) is 114 cm³/mol. The number of halogens is 3. The second-order valence-corrected chi connectivity index (χ2v) is 8.00. The van der Waals surface area contributed by atoms with E-state index in [1.165, 1.54) is 6.07 Å². The highest BCUT2D eigenvalue weighted by molar-refractivity contribution is 5.93. The Bertz CT molecular complexity index is 1370. The molecule has 1 aliphatic rings. The fourth-order valence-electron chi connectivity index (χ4n) is 3.62. The molecule has 33 heavy (non-hydrogen) atoms. The first-order valence-electron chi connectivity index (χ1n) is 10.3. The van der Waals surface area contributed by atoms with Gasteiger partial charge >= 0.3 is 6.18 Å². The topological polar surface area (TPSA) is 93.8 Å². The first-order chi connectivity index (χ1) is 15.8. The maximum Gasteiger partial charge on any atom is 0.416 e. The van der Waals surface area contributed by atoms with Crippen LogP contribution in [0.15, 0.2) is 60.0 Å². The van der Waals surface area contributed by atoms with Crippen LogP contribution in [0.1, 0.15) is 24.5 Å². The molecule has 1 aliphatic carbocycles. The van der Waals surface area contributed by atoms with E-state index in [9.17, 15) is 23.1 Å². The van der Waals surface area contributed by atoms with Crippen LogP contribution < -0.4 is 5.56 Å². The molecule has 4 aromatic heterocycles. The second kappa shape index (κ2) is 8.04. The largest absolute Gasteiger partial charge is 0.416 e. The van der Waals surface area contributed by atoms with Gasteiger partial charge in [0.2, 0.25) is 0 Å². The minimum Gasteiger partial charge on any atom is -0.382 e. The Morgan fingerprint density at radius 1 is 1.12 bits per heavy atom. The van der Waals surface area contributed by atoms with Gasteiger partial charge in [-0.2, -0.15) is 13.2 Å². The van der Waals surface area contributed by atoms with Crippen LogP contribution in [0.3, 0.4) is 0 Å². The van der Waals surface area contributed by atoms with E-state index in [1.54, 1.807) is 30.7 Å². The van der Waals surface area contributed by atoms with Gasteiger partial charge in [0, 0.05) is 41.3 Å². The number of nitrogens with zero attached hydrogens (tertiary/aromatic N) is 5.